The molecular formula is C24H25F2N5O2. The monoisotopic (exact) mass is 453 g/mol. The van der Waals surface area contributed by atoms with Crippen molar-refractivity contribution in [1.29, 1.82) is 0 Å². The van der Waals surface area contributed by atoms with Crippen LogP contribution in [0.25, 0.3) is 11.3 Å². The molecule has 3 heterocycles. The van der Waals surface area contributed by atoms with Gasteiger partial charge in [-0.2, -0.15) is 0 Å². The lowest BCUT2D eigenvalue weighted by Gasteiger charge is -2.29. The predicted molar refractivity (Wildman–Crippen MR) is 123 cm³/mol. The maximum absolute atomic E-state index is 14.6. The van der Waals surface area contributed by atoms with E-state index in [-0.39, 0.29) is 11.6 Å². The van der Waals surface area contributed by atoms with Crippen molar-refractivity contribution in [3.05, 3.63) is 60.3 Å². The van der Waals surface area contributed by atoms with Crippen LogP contribution >= 0.6 is 0 Å². The Hall–Kier alpha value is -3.30. The highest BCUT2D eigenvalue weighted by molar-refractivity contribution is 5.68. The number of aromatic nitrogens is 2. The number of nitrogens with zero attached hydrogens (tertiary/aromatic N) is 4. The molecule has 2 aliphatic rings. The maximum atomic E-state index is 14.6. The summed E-state index contributed by atoms with van der Waals surface area (Å²) < 4.78 is 39.8. The summed E-state index contributed by atoms with van der Waals surface area (Å²) in [4.78, 5) is 12.7. The highest BCUT2D eigenvalue weighted by Gasteiger charge is 2.17. The zero-order valence-corrected chi connectivity index (χ0v) is 18.1. The topological polar surface area (TPSA) is 62.8 Å². The highest BCUT2D eigenvalue weighted by Crippen LogP contribution is 2.29. The van der Waals surface area contributed by atoms with Gasteiger partial charge in [-0.1, -0.05) is 0 Å². The molecular weight excluding hydrogens is 428 g/mol. The molecule has 1 N–H and O–H groups in total. The minimum Gasteiger partial charge on any atom is -0.378 e. The molecule has 5 rings (SSSR count). The Labute approximate surface area is 191 Å². The lowest BCUT2D eigenvalue weighted by Crippen LogP contribution is -2.36. The van der Waals surface area contributed by atoms with Crippen molar-refractivity contribution in [1.82, 2.24) is 9.97 Å². The molecule has 0 saturated carbocycles. The van der Waals surface area contributed by atoms with E-state index in [0.29, 0.717) is 37.6 Å². The zero-order valence-electron chi connectivity index (χ0n) is 18.1. The van der Waals surface area contributed by atoms with Gasteiger partial charge in [0.05, 0.1) is 32.6 Å². The standard InChI is InChI=1S/C24H25F2N5O2/c25-18-13-17(14-21(15-18)31-7-11-33-12-8-31)23-22(26)16-27-24(29-23)28-19-1-3-20(4-2-19)30-5-9-32-10-6-30/h1-4,13-16H,5-12H2,(H,27,28,29). The van der Waals surface area contributed by atoms with Crippen LogP contribution in [-0.4, -0.2) is 62.6 Å². The largest absolute Gasteiger partial charge is 0.378 e. The molecule has 2 aliphatic heterocycles. The van der Waals surface area contributed by atoms with E-state index >= 15 is 0 Å². The molecule has 0 unspecified atom stereocenters. The smallest absolute Gasteiger partial charge is 0.227 e. The molecule has 33 heavy (non-hydrogen) atoms. The molecule has 1 aromatic heterocycles. The lowest BCUT2D eigenvalue weighted by molar-refractivity contribution is 0.122. The van der Waals surface area contributed by atoms with E-state index in [2.05, 4.69) is 20.2 Å². The fraction of sp³-hybridized carbons (Fsp3) is 0.333. The van der Waals surface area contributed by atoms with Crippen LogP contribution in [0, 0.1) is 11.6 Å². The Morgan fingerprint density at radius 3 is 2.09 bits per heavy atom. The predicted octanol–water partition coefficient (Wildman–Crippen LogP) is 3.84. The molecule has 0 amide bonds. The van der Waals surface area contributed by atoms with Gasteiger partial charge in [0.15, 0.2) is 5.82 Å². The Kier molecular flexibility index (Phi) is 6.32. The molecule has 0 atom stereocenters. The van der Waals surface area contributed by atoms with Crippen molar-refractivity contribution in [2.75, 3.05) is 67.7 Å². The first kappa shape index (κ1) is 21.5. The number of morpholine rings is 2. The van der Waals surface area contributed by atoms with E-state index in [0.717, 1.165) is 43.9 Å². The molecule has 2 aromatic carbocycles. The van der Waals surface area contributed by atoms with Gasteiger partial charge in [0.1, 0.15) is 11.5 Å². The van der Waals surface area contributed by atoms with E-state index in [1.165, 1.54) is 12.1 Å². The van der Waals surface area contributed by atoms with Crippen LogP contribution in [0.15, 0.2) is 48.7 Å². The number of ether oxygens (including phenoxy) is 2. The SMILES string of the molecule is Fc1cc(-c2nc(Nc3ccc(N4CCOCC4)cc3)ncc2F)cc(N2CCOCC2)c1. The molecule has 2 fully saturated rings. The van der Waals surface area contributed by atoms with E-state index in [9.17, 15) is 8.78 Å². The summed E-state index contributed by atoms with van der Waals surface area (Å²) >= 11 is 0. The quantitative estimate of drug-likeness (QED) is 0.630. The molecule has 3 aromatic rings. The number of nitrogens with one attached hydrogen (secondary N) is 1. The van der Waals surface area contributed by atoms with Gasteiger partial charge in [0.2, 0.25) is 5.95 Å². The van der Waals surface area contributed by atoms with Gasteiger partial charge in [0.25, 0.3) is 0 Å². The lowest BCUT2D eigenvalue weighted by atomic mass is 10.1. The minimum atomic E-state index is -0.609. The van der Waals surface area contributed by atoms with E-state index < -0.39 is 11.6 Å². The second-order valence-corrected chi connectivity index (χ2v) is 7.96. The third-order valence-electron chi connectivity index (χ3n) is 5.78. The average Bonchev–Trinajstić information content (AvgIpc) is 2.86. The van der Waals surface area contributed by atoms with E-state index in [1.807, 2.05) is 29.2 Å². The van der Waals surface area contributed by atoms with Gasteiger partial charge in [-0.05, 0) is 42.5 Å². The number of hydrogen-bond donors (Lipinski definition) is 1. The van der Waals surface area contributed by atoms with Crippen molar-refractivity contribution in [3.63, 3.8) is 0 Å². The van der Waals surface area contributed by atoms with Crippen LogP contribution in [0.2, 0.25) is 0 Å². The molecule has 0 spiro atoms. The van der Waals surface area contributed by atoms with E-state index in [1.54, 1.807) is 6.07 Å². The van der Waals surface area contributed by atoms with Gasteiger partial charge in [-0.25, -0.2) is 18.7 Å². The molecule has 0 bridgehead atoms. The van der Waals surface area contributed by atoms with Crippen molar-refractivity contribution in [3.8, 4) is 11.3 Å². The highest BCUT2D eigenvalue weighted by atomic mass is 19.1. The fourth-order valence-electron chi connectivity index (χ4n) is 4.05. The van der Waals surface area contributed by atoms with Gasteiger partial charge >= 0.3 is 0 Å². The Morgan fingerprint density at radius 2 is 1.42 bits per heavy atom. The first-order valence-electron chi connectivity index (χ1n) is 11.0. The fourth-order valence-corrected chi connectivity index (χ4v) is 4.05. The normalized spacial score (nSPS) is 16.7. The molecule has 172 valence electrons. The van der Waals surface area contributed by atoms with Gasteiger partial charge in [-0.3, -0.25) is 0 Å². The Balaban J connectivity index is 1.37. The summed E-state index contributed by atoms with van der Waals surface area (Å²) in [5.74, 6) is -0.815. The van der Waals surface area contributed by atoms with Crippen molar-refractivity contribution >= 4 is 23.0 Å². The molecule has 2 saturated heterocycles. The van der Waals surface area contributed by atoms with Crippen LogP contribution in [0.4, 0.5) is 31.8 Å². The first-order valence-corrected chi connectivity index (χ1v) is 11.0. The second kappa shape index (κ2) is 9.68. The van der Waals surface area contributed by atoms with E-state index in [4.69, 9.17) is 9.47 Å². The average molecular weight is 453 g/mol. The van der Waals surface area contributed by atoms with Crippen molar-refractivity contribution < 1.29 is 18.3 Å². The zero-order chi connectivity index (χ0) is 22.6. The van der Waals surface area contributed by atoms with Crippen LogP contribution in [0.5, 0.6) is 0 Å². The summed E-state index contributed by atoms with van der Waals surface area (Å²) in [6.07, 6.45) is 1.10. The van der Waals surface area contributed by atoms with Crippen LogP contribution in [0.3, 0.4) is 0 Å². The third-order valence-corrected chi connectivity index (χ3v) is 5.78. The third kappa shape index (κ3) is 5.04. The Bertz CT molecular complexity index is 1100. The second-order valence-electron chi connectivity index (χ2n) is 7.96. The number of halogens is 2. The minimum absolute atomic E-state index is 0.0476. The number of benzene rings is 2. The van der Waals surface area contributed by atoms with Crippen molar-refractivity contribution in [2.24, 2.45) is 0 Å². The van der Waals surface area contributed by atoms with Gasteiger partial charge in [-0.15, -0.1) is 0 Å². The molecule has 0 aliphatic carbocycles. The first-order chi connectivity index (χ1) is 16.2. The summed E-state index contributed by atoms with van der Waals surface area (Å²) in [6, 6.07) is 12.4. The summed E-state index contributed by atoms with van der Waals surface area (Å²) in [5.41, 5.74) is 2.98. The number of anilines is 4. The van der Waals surface area contributed by atoms with Crippen LogP contribution in [-0.2, 0) is 9.47 Å². The molecule has 9 heteroatoms. The van der Waals surface area contributed by atoms with Crippen LogP contribution in [0.1, 0.15) is 0 Å². The molecule has 0 radical (unpaired) electrons. The number of hydrogen-bond acceptors (Lipinski definition) is 7. The number of rotatable bonds is 5. The summed E-state index contributed by atoms with van der Waals surface area (Å²) in [7, 11) is 0. The summed E-state index contributed by atoms with van der Waals surface area (Å²) in [5, 5.41) is 3.11. The maximum Gasteiger partial charge on any atom is 0.227 e. The van der Waals surface area contributed by atoms with Crippen molar-refractivity contribution in [2.45, 2.75) is 0 Å². The van der Waals surface area contributed by atoms with Gasteiger partial charge < -0.3 is 24.6 Å². The van der Waals surface area contributed by atoms with Gasteiger partial charge in [0, 0.05) is 48.8 Å². The van der Waals surface area contributed by atoms with Crippen LogP contribution < -0.4 is 15.1 Å². The molecule has 7 nitrogen and oxygen atoms in total. The Morgan fingerprint density at radius 1 is 0.788 bits per heavy atom. The summed E-state index contributed by atoms with van der Waals surface area (Å²) in [6.45, 7) is 5.62.